The molecular weight excluding hydrogens is 341 g/mol. The van der Waals surface area contributed by atoms with Gasteiger partial charge in [0.15, 0.2) is 0 Å². The van der Waals surface area contributed by atoms with Crippen molar-refractivity contribution < 1.29 is 31.5 Å². The van der Waals surface area contributed by atoms with E-state index in [1.165, 1.54) is 0 Å². The molecule has 0 bridgehead atoms. The lowest BCUT2D eigenvalue weighted by Crippen LogP contribution is -2.61. The van der Waals surface area contributed by atoms with E-state index in [2.05, 4.69) is 15.9 Å². The van der Waals surface area contributed by atoms with Gasteiger partial charge in [-0.2, -0.15) is 22.0 Å². The maximum absolute atomic E-state index is 12.8. The molecule has 1 saturated carbocycles. The Morgan fingerprint density at radius 3 is 2.00 bits per heavy atom. The van der Waals surface area contributed by atoms with E-state index in [-0.39, 0.29) is 30.4 Å². The lowest BCUT2D eigenvalue weighted by Gasteiger charge is -2.42. The van der Waals surface area contributed by atoms with Crippen molar-refractivity contribution in [1.82, 2.24) is 5.32 Å². The highest BCUT2D eigenvalue weighted by Crippen LogP contribution is 2.39. The SMILES string of the molecule is O=C(CBr)CC1(NC(=O)C(F)(F)C(F)(F)F)CCC1. The number of carbonyl (C=O) groups is 2. The molecule has 110 valence electrons. The van der Waals surface area contributed by atoms with Crippen molar-refractivity contribution in [2.75, 3.05) is 5.33 Å². The highest BCUT2D eigenvalue weighted by atomic mass is 79.9. The van der Waals surface area contributed by atoms with Gasteiger partial charge in [-0.3, -0.25) is 9.59 Å². The first kappa shape index (κ1) is 16.3. The first-order chi connectivity index (χ1) is 8.54. The number of nitrogens with one attached hydrogen (secondary N) is 1. The molecule has 1 N–H and O–H groups in total. The predicted octanol–water partition coefficient (Wildman–Crippen LogP) is 2.58. The van der Waals surface area contributed by atoms with Crippen molar-refractivity contribution in [1.29, 1.82) is 0 Å². The third-order valence-corrected chi connectivity index (χ3v) is 3.64. The third-order valence-electron chi connectivity index (χ3n) is 3.02. The first-order valence-corrected chi connectivity index (χ1v) is 6.51. The molecule has 1 amide bonds. The fraction of sp³-hybridized carbons (Fsp3) is 0.800. The summed E-state index contributed by atoms with van der Waals surface area (Å²) in [6.07, 6.45) is -5.20. The Bertz CT molecular complexity index is 379. The number of ketones is 1. The van der Waals surface area contributed by atoms with Gasteiger partial charge in [0.2, 0.25) is 0 Å². The zero-order valence-electron chi connectivity index (χ0n) is 9.62. The number of hydrogen-bond donors (Lipinski definition) is 1. The number of halogens is 6. The van der Waals surface area contributed by atoms with E-state index in [1.807, 2.05) is 0 Å². The fourth-order valence-corrected chi connectivity index (χ4v) is 2.02. The molecule has 0 aromatic heterocycles. The summed E-state index contributed by atoms with van der Waals surface area (Å²) in [7, 11) is 0. The third kappa shape index (κ3) is 3.43. The van der Waals surface area contributed by atoms with Gasteiger partial charge in [0.1, 0.15) is 5.78 Å². The minimum Gasteiger partial charge on any atom is -0.345 e. The standard InChI is InChI=1S/C10H11BrF5NO2/c11-5-6(18)4-8(2-1-3-8)17-7(19)9(12,13)10(14,15)16/h1-5H2,(H,17,19). The Hall–Kier alpha value is -0.730. The minimum atomic E-state index is -5.94. The Morgan fingerprint density at radius 2 is 1.68 bits per heavy atom. The Balaban J connectivity index is 2.77. The monoisotopic (exact) mass is 351 g/mol. The summed E-state index contributed by atoms with van der Waals surface area (Å²) in [6.45, 7) is 0. The molecule has 1 aliphatic carbocycles. The summed E-state index contributed by atoms with van der Waals surface area (Å²) in [6, 6.07) is 0. The molecule has 0 heterocycles. The van der Waals surface area contributed by atoms with Crippen molar-refractivity contribution in [2.24, 2.45) is 0 Å². The lowest BCUT2D eigenvalue weighted by molar-refractivity contribution is -0.270. The summed E-state index contributed by atoms with van der Waals surface area (Å²) in [5.74, 6) is -8.22. The maximum Gasteiger partial charge on any atom is 0.463 e. The zero-order chi connectivity index (χ0) is 14.9. The normalized spacial score (nSPS) is 18.6. The molecule has 0 atom stereocenters. The van der Waals surface area contributed by atoms with E-state index in [1.54, 1.807) is 5.32 Å². The lowest BCUT2D eigenvalue weighted by atomic mass is 9.73. The van der Waals surface area contributed by atoms with E-state index >= 15 is 0 Å². The highest BCUT2D eigenvalue weighted by molar-refractivity contribution is 9.09. The summed E-state index contributed by atoms with van der Waals surface area (Å²) in [4.78, 5) is 22.3. The molecular formula is C10H11BrF5NO2. The summed E-state index contributed by atoms with van der Waals surface area (Å²) >= 11 is 2.87. The van der Waals surface area contributed by atoms with Gasteiger partial charge in [-0.25, -0.2) is 0 Å². The van der Waals surface area contributed by atoms with Crippen LogP contribution in [0.25, 0.3) is 0 Å². The minimum absolute atomic E-state index is 0.0414. The number of alkyl halides is 6. The summed E-state index contributed by atoms with van der Waals surface area (Å²) in [5.41, 5.74) is -1.27. The van der Waals surface area contributed by atoms with Gasteiger partial charge < -0.3 is 5.32 Å². The van der Waals surface area contributed by atoms with Crippen LogP contribution in [0, 0.1) is 0 Å². The molecule has 0 unspecified atom stereocenters. The van der Waals surface area contributed by atoms with Gasteiger partial charge in [0.05, 0.1) is 5.33 Å². The van der Waals surface area contributed by atoms with E-state index in [0.717, 1.165) is 0 Å². The Labute approximate surface area is 114 Å². The summed E-state index contributed by atoms with van der Waals surface area (Å²) in [5, 5.41) is 1.65. The molecule has 1 fully saturated rings. The molecule has 0 aromatic rings. The average molecular weight is 352 g/mol. The van der Waals surface area contributed by atoms with E-state index in [9.17, 15) is 31.5 Å². The molecule has 1 rings (SSSR count). The summed E-state index contributed by atoms with van der Waals surface area (Å²) < 4.78 is 61.7. The van der Waals surface area contributed by atoms with Crippen molar-refractivity contribution >= 4 is 27.6 Å². The largest absolute Gasteiger partial charge is 0.463 e. The van der Waals surface area contributed by atoms with Crippen molar-refractivity contribution in [3.05, 3.63) is 0 Å². The molecule has 19 heavy (non-hydrogen) atoms. The van der Waals surface area contributed by atoms with Crippen molar-refractivity contribution in [3.8, 4) is 0 Å². The van der Waals surface area contributed by atoms with Crippen LogP contribution in [0.4, 0.5) is 22.0 Å². The zero-order valence-corrected chi connectivity index (χ0v) is 11.2. The topological polar surface area (TPSA) is 46.2 Å². The van der Waals surface area contributed by atoms with Gasteiger partial charge in [0.25, 0.3) is 0 Å². The van der Waals surface area contributed by atoms with E-state index in [0.29, 0.717) is 6.42 Å². The van der Waals surface area contributed by atoms with Gasteiger partial charge in [-0.15, -0.1) is 0 Å². The maximum atomic E-state index is 12.8. The highest BCUT2D eigenvalue weighted by Gasteiger charge is 2.64. The smallest absolute Gasteiger partial charge is 0.345 e. The number of rotatable bonds is 5. The number of amides is 1. The van der Waals surface area contributed by atoms with E-state index < -0.39 is 23.5 Å². The molecule has 0 radical (unpaired) electrons. The van der Waals surface area contributed by atoms with Crippen LogP contribution in [0.2, 0.25) is 0 Å². The molecule has 0 aliphatic heterocycles. The van der Waals surface area contributed by atoms with Crippen LogP contribution in [0.3, 0.4) is 0 Å². The Kier molecular flexibility index (Phi) is 4.58. The molecule has 9 heteroatoms. The van der Waals surface area contributed by atoms with Crippen LogP contribution in [0.15, 0.2) is 0 Å². The van der Waals surface area contributed by atoms with Crippen LogP contribution in [-0.4, -0.2) is 34.7 Å². The van der Waals surface area contributed by atoms with Gasteiger partial charge >= 0.3 is 18.0 Å². The second-order valence-electron chi connectivity index (χ2n) is 4.51. The quantitative estimate of drug-likeness (QED) is 0.611. The van der Waals surface area contributed by atoms with Crippen LogP contribution in [0.1, 0.15) is 25.7 Å². The number of hydrogen-bond acceptors (Lipinski definition) is 2. The van der Waals surface area contributed by atoms with Gasteiger partial charge in [-0.05, 0) is 19.3 Å². The predicted molar refractivity (Wildman–Crippen MR) is 59.1 cm³/mol. The van der Waals surface area contributed by atoms with Gasteiger partial charge in [-0.1, -0.05) is 15.9 Å². The van der Waals surface area contributed by atoms with Crippen LogP contribution >= 0.6 is 15.9 Å². The average Bonchev–Trinajstić information content (AvgIpc) is 2.23. The van der Waals surface area contributed by atoms with Gasteiger partial charge in [0, 0.05) is 12.0 Å². The molecule has 1 aliphatic rings. The molecule has 0 spiro atoms. The van der Waals surface area contributed by atoms with Crippen LogP contribution in [0.5, 0.6) is 0 Å². The first-order valence-electron chi connectivity index (χ1n) is 5.39. The second-order valence-corrected chi connectivity index (χ2v) is 5.07. The second kappa shape index (κ2) is 5.34. The molecule has 0 aromatic carbocycles. The van der Waals surface area contributed by atoms with Crippen LogP contribution < -0.4 is 5.32 Å². The molecule has 3 nitrogen and oxygen atoms in total. The fourth-order valence-electron chi connectivity index (χ4n) is 1.82. The van der Waals surface area contributed by atoms with Crippen molar-refractivity contribution in [3.63, 3.8) is 0 Å². The van der Waals surface area contributed by atoms with E-state index in [4.69, 9.17) is 0 Å². The number of Topliss-reactive ketones (excluding diaryl/α,β-unsaturated/α-hetero) is 1. The van der Waals surface area contributed by atoms with Crippen molar-refractivity contribution in [2.45, 2.75) is 43.3 Å². The molecule has 0 saturated heterocycles. The van der Waals surface area contributed by atoms with Crippen LogP contribution in [-0.2, 0) is 9.59 Å². The Morgan fingerprint density at radius 1 is 1.16 bits per heavy atom. The number of carbonyl (C=O) groups excluding carboxylic acids is 2.